The summed E-state index contributed by atoms with van der Waals surface area (Å²) < 4.78 is 0. The summed E-state index contributed by atoms with van der Waals surface area (Å²) in [5, 5.41) is 2.88. The molecule has 0 spiro atoms. The Labute approximate surface area is 129 Å². The lowest BCUT2D eigenvalue weighted by Crippen LogP contribution is -2.38. The Morgan fingerprint density at radius 1 is 1.38 bits per heavy atom. The molecule has 1 unspecified atom stereocenters. The van der Waals surface area contributed by atoms with Crippen molar-refractivity contribution in [2.24, 2.45) is 5.73 Å². The van der Waals surface area contributed by atoms with Crippen molar-refractivity contribution in [3.63, 3.8) is 0 Å². The van der Waals surface area contributed by atoms with Gasteiger partial charge in [0.2, 0.25) is 11.8 Å². The van der Waals surface area contributed by atoms with Crippen molar-refractivity contribution in [2.45, 2.75) is 19.4 Å². The molecule has 1 aliphatic heterocycles. The smallest absolute Gasteiger partial charge is 0.230 e. The van der Waals surface area contributed by atoms with E-state index in [4.69, 9.17) is 5.73 Å². The predicted octanol–water partition coefficient (Wildman–Crippen LogP) is 0.772. The van der Waals surface area contributed by atoms with Crippen molar-refractivity contribution >= 4 is 29.3 Å². The summed E-state index contributed by atoms with van der Waals surface area (Å²) in [4.78, 5) is 24.5. The maximum absolute atomic E-state index is 11.6. The number of nitrogens with zero attached hydrogens (tertiary/aromatic N) is 1. The molecule has 21 heavy (non-hydrogen) atoms. The van der Waals surface area contributed by atoms with Gasteiger partial charge in [-0.3, -0.25) is 9.59 Å². The molecule has 1 heterocycles. The van der Waals surface area contributed by atoms with Crippen LogP contribution in [0.2, 0.25) is 0 Å². The zero-order chi connectivity index (χ0) is 15.2. The summed E-state index contributed by atoms with van der Waals surface area (Å²) >= 11 is 1.24. The van der Waals surface area contributed by atoms with Crippen LogP contribution in [0.4, 0.5) is 5.69 Å². The second-order valence-corrected chi connectivity index (χ2v) is 6.17. The Morgan fingerprint density at radius 3 is 2.90 bits per heavy atom. The third-order valence-electron chi connectivity index (χ3n) is 3.50. The van der Waals surface area contributed by atoms with Crippen molar-refractivity contribution in [1.82, 2.24) is 5.32 Å². The molecule has 6 heteroatoms. The van der Waals surface area contributed by atoms with Crippen LogP contribution in [0.3, 0.4) is 0 Å². The largest absolute Gasteiger partial charge is 0.369 e. The van der Waals surface area contributed by atoms with Crippen molar-refractivity contribution in [3.05, 3.63) is 29.8 Å². The van der Waals surface area contributed by atoms with Gasteiger partial charge in [-0.15, -0.1) is 11.8 Å². The van der Waals surface area contributed by atoms with Gasteiger partial charge in [0.1, 0.15) is 0 Å². The van der Waals surface area contributed by atoms with Crippen molar-refractivity contribution in [2.75, 3.05) is 29.5 Å². The normalized spacial score (nSPS) is 16.6. The lowest BCUT2D eigenvalue weighted by molar-refractivity contribution is -0.118. The lowest BCUT2D eigenvalue weighted by Gasteiger charge is -2.25. The maximum atomic E-state index is 11.6. The number of nitrogens with one attached hydrogen (secondary N) is 1. The maximum Gasteiger partial charge on any atom is 0.230 e. The van der Waals surface area contributed by atoms with Gasteiger partial charge in [0.25, 0.3) is 0 Å². The van der Waals surface area contributed by atoms with Crippen molar-refractivity contribution in [3.8, 4) is 0 Å². The number of hydrogen-bond acceptors (Lipinski definition) is 4. The number of anilines is 1. The van der Waals surface area contributed by atoms with Gasteiger partial charge in [0, 0.05) is 24.8 Å². The van der Waals surface area contributed by atoms with Gasteiger partial charge >= 0.3 is 0 Å². The van der Waals surface area contributed by atoms with Crippen LogP contribution in [0.25, 0.3) is 0 Å². The van der Waals surface area contributed by atoms with Crippen LogP contribution in [0.1, 0.15) is 12.5 Å². The molecule has 2 amide bonds. The number of para-hydroxylation sites is 1. The monoisotopic (exact) mass is 307 g/mol. The van der Waals surface area contributed by atoms with E-state index in [9.17, 15) is 9.59 Å². The number of carbonyl (C=O) groups is 2. The third-order valence-corrected chi connectivity index (χ3v) is 4.46. The number of rotatable bonds is 7. The molecule has 1 aromatic carbocycles. The average Bonchev–Trinajstić information content (AvgIpc) is 2.75. The van der Waals surface area contributed by atoms with Gasteiger partial charge in [-0.2, -0.15) is 0 Å². The SMILES string of the molecule is CC1Cc2ccccc2N1CCNC(=O)CSCC(N)=O. The number of nitrogens with two attached hydrogens (primary N) is 1. The molecule has 3 N–H and O–H groups in total. The summed E-state index contributed by atoms with van der Waals surface area (Å²) in [6, 6.07) is 8.85. The Kier molecular flexibility index (Phi) is 5.50. The second-order valence-electron chi connectivity index (χ2n) is 5.18. The minimum absolute atomic E-state index is 0.0543. The molecule has 0 saturated carbocycles. The van der Waals surface area contributed by atoms with E-state index in [1.165, 1.54) is 23.0 Å². The van der Waals surface area contributed by atoms with Gasteiger partial charge in [0.05, 0.1) is 11.5 Å². The van der Waals surface area contributed by atoms with E-state index in [0.29, 0.717) is 12.6 Å². The Bertz CT molecular complexity index is 521. The Morgan fingerprint density at radius 2 is 2.14 bits per heavy atom. The third kappa shape index (κ3) is 4.39. The highest BCUT2D eigenvalue weighted by atomic mass is 32.2. The second kappa shape index (κ2) is 7.36. The highest BCUT2D eigenvalue weighted by Crippen LogP contribution is 2.31. The highest BCUT2D eigenvalue weighted by Gasteiger charge is 2.24. The number of amides is 2. The zero-order valence-electron chi connectivity index (χ0n) is 12.2. The number of fused-ring (bicyclic) bond motifs is 1. The highest BCUT2D eigenvalue weighted by molar-refractivity contribution is 8.00. The molecular weight excluding hydrogens is 286 g/mol. The van der Waals surface area contributed by atoms with Gasteiger partial charge in [-0.05, 0) is 25.0 Å². The molecule has 114 valence electrons. The summed E-state index contributed by atoms with van der Waals surface area (Å²) in [6.45, 7) is 3.60. The van der Waals surface area contributed by atoms with E-state index in [0.717, 1.165) is 13.0 Å². The molecule has 0 radical (unpaired) electrons. The van der Waals surface area contributed by atoms with Gasteiger partial charge in [0.15, 0.2) is 0 Å². The predicted molar refractivity (Wildman–Crippen MR) is 86.5 cm³/mol. The van der Waals surface area contributed by atoms with Crippen LogP contribution >= 0.6 is 11.8 Å². The Hall–Kier alpha value is -1.69. The number of carbonyl (C=O) groups excluding carboxylic acids is 2. The number of primary amides is 1. The molecule has 1 aliphatic rings. The number of thioether (sulfide) groups is 1. The molecule has 0 saturated heterocycles. The van der Waals surface area contributed by atoms with Crippen LogP contribution in [-0.4, -0.2) is 42.5 Å². The van der Waals surface area contributed by atoms with Crippen molar-refractivity contribution in [1.29, 1.82) is 0 Å². The molecule has 0 aliphatic carbocycles. The zero-order valence-corrected chi connectivity index (χ0v) is 13.0. The molecule has 5 nitrogen and oxygen atoms in total. The average molecular weight is 307 g/mol. The Balaban J connectivity index is 1.74. The van der Waals surface area contributed by atoms with E-state index in [2.05, 4.69) is 35.3 Å². The number of benzene rings is 1. The minimum atomic E-state index is -0.393. The van der Waals surface area contributed by atoms with Crippen LogP contribution in [-0.2, 0) is 16.0 Å². The van der Waals surface area contributed by atoms with E-state index in [-0.39, 0.29) is 17.4 Å². The fourth-order valence-corrected chi connectivity index (χ4v) is 3.17. The van der Waals surface area contributed by atoms with Crippen LogP contribution in [0.15, 0.2) is 24.3 Å². The van der Waals surface area contributed by atoms with Crippen LogP contribution in [0.5, 0.6) is 0 Å². The molecular formula is C15H21N3O2S. The first kappa shape index (κ1) is 15.7. The fourth-order valence-electron chi connectivity index (χ4n) is 2.58. The topological polar surface area (TPSA) is 75.4 Å². The van der Waals surface area contributed by atoms with Gasteiger partial charge in [-0.25, -0.2) is 0 Å². The van der Waals surface area contributed by atoms with E-state index in [1.54, 1.807) is 0 Å². The first-order chi connectivity index (χ1) is 10.1. The molecule has 1 atom stereocenters. The minimum Gasteiger partial charge on any atom is -0.369 e. The lowest BCUT2D eigenvalue weighted by atomic mass is 10.1. The number of hydrogen-bond donors (Lipinski definition) is 2. The molecule has 0 fully saturated rings. The van der Waals surface area contributed by atoms with Gasteiger partial charge < -0.3 is 16.0 Å². The van der Waals surface area contributed by atoms with Crippen LogP contribution < -0.4 is 16.0 Å². The quantitative estimate of drug-likeness (QED) is 0.780. The van der Waals surface area contributed by atoms with E-state index >= 15 is 0 Å². The summed E-state index contributed by atoms with van der Waals surface area (Å²) in [7, 11) is 0. The first-order valence-corrected chi connectivity index (χ1v) is 8.20. The van der Waals surface area contributed by atoms with Gasteiger partial charge in [-0.1, -0.05) is 18.2 Å². The summed E-state index contributed by atoms with van der Waals surface area (Å²) in [6.07, 6.45) is 1.05. The standard InChI is InChI=1S/C15H21N3O2S/c1-11-8-12-4-2-3-5-13(12)18(11)7-6-17-15(20)10-21-9-14(16)19/h2-5,11H,6-10H2,1H3,(H2,16,19)(H,17,20). The first-order valence-electron chi connectivity index (χ1n) is 7.05. The van der Waals surface area contributed by atoms with Crippen LogP contribution in [0, 0.1) is 0 Å². The molecule has 0 bridgehead atoms. The summed E-state index contributed by atoms with van der Waals surface area (Å²) in [5.41, 5.74) is 7.66. The molecule has 1 aromatic rings. The molecule has 2 rings (SSSR count). The van der Waals surface area contributed by atoms with Crippen molar-refractivity contribution < 1.29 is 9.59 Å². The van der Waals surface area contributed by atoms with E-state index in [1.807, 2.05) is 6.07 Å². The fraction of sp³-hybridized carbons (Fsp3) is 0.467. The summed E-state index contributed by atoms with van der Waals surface area (Å²) in [5.74, 6) is 0.00986. The molecule has 0 aromatic heterocycles. The van der Waals surface area contributed by atoms with E-state index < -0.39 is 5.91 Å².